The summed E-state index contributed by atoms with van der Waals surface area (Å²) in [4.78, 5) is 32.3. The van der Waals surface area contributed by atoms with Crippen LogP contribution in [0.4, 0.5) is 0 Å². The number of fused-ring (bicyclic) bond motifs is 2. The van der Waals surface area contributed by atoms with E-state index in [2.05, 4.69) is 4.99 Å². The molecule has 0 aliphatic carbocycles. The van der Waals surface area contributed by atoms with Crippen LogP contribution in [0.2, 0.25) is 0 Å². The average molecular weight is 502 g/mol. The maximum atomic E-state index is 13.8. The molecule has 7 nitrogen and oxygen atoms in total. The van der Waals surface area contributed by atoms with Crippen molar-refractivity contribution in [3.63, 3.8) is 0 Å². The van der Waals surface area contributed by atoms with Crippen molar-refractivity contribution in [3.8, 4) is 5.75 Å². The van der Waals surface area contributed by atoms with Crippen LogP contribution >= 0.6 is 11.3 Å². The summed E-state index contributed by atoms with van der Waals surface area (Å²) < 4.78 is 15.1. The molecule has 2 aromatic heterocycles. The fraction of sp³-hybridized carbons (Fsp3) is 0.250. The first kappa shape index (κ1) is 23.8. The predicted octanol–water partition coefficient (Wildman–Crippen LogP) is 3.69. The quantitative estimate of drug-likeness (QED) is 0.391. The maximum absolute atomic E-state index is 13.8. The number of aryl methyl sites for hydroxylation is 1. The second-order valence-corrected chi connectivity index (χ2v) is 10.0. The number of carbonyl (C=O) groups is 1. The van der Waals surface area contributed by atoms with Crippen LogP contribution in [0.25, 0.3) is 17.0 Å². The van der Waals surface area contributed by atoms with E-state index in [0.29, 0.717) is 26.4 Å². The lowest BCUT2D eigenvalue weighted by molar-refractivity contribution is -0.143. The van der Waals surface area contributed by atoms with Crippen molar-refractivity contribution >= 4 is 34.3 Å². The van der Waals surface area contributed by atoms with Gasteiger partial charge in [0.15, 0.2) is 4.80 Å². The summed E-state index contributed by atoms with van der Waals surface area (Å²) in [6.07, 6.45) is 3.62. The van der Waals surface area contributed by atoms with Crippen molar-refractivity contribution in [1.82, 2.24) is 9.13 Å². The van der Waals surface area contributed by atoms with Gasteiger partial charge in [0, 0.05) is 29.7 Å². The second kappa shape index (κ2) is 9.28. The zero-order chi connectivity index (χ0) is 25.6. The lowest BCUT2D eigenvalue weighted by Gasteiger charge is -2.25. The normalized spacial score (nSPS) is 15.8. The van der Waals surface area contributed by atoms with Gasteiger partial charge < -0.3 is 14.0 Å². The number of ether oxygens (including phenoxy) is 2. The van der Waals surface area contributed by atoms with E-state index >= 15 is 0 Å². The Hall–Kier alpha value is -3.91. The van der Waals surface area contributed by atoms with Gasteiger partial charge in [-0.2, -0.15) is 0 Å². The highest BCUT2D eigenvalue weighted by molar-refractivity contribution is 7.07. The van der Waals surface area contributed by atoms with Crippen molar-refractivity contribution in [3.05, 3.63) is 96.8 Å². The molecule has 1 unspecified atom stereocenters. The fourth-order valence-electron chi connectivity index (χ4n) is 4.59. The van der Waals surface area contributed by atoms with Gasteiger partial charge in [0.2, 0.25) is 0 Å². The number of benzene rings is 2. The zero-order valence-electron chi connectivity index (χ0n) is 20.8. The molecule has 0 fully saturated rings. The summed E-state index contributed by atoms with van der Waals surface area (Å²) in [6.45, 7) is 5.39. The topological polar surface area (TPSA) is 74.8 Å². The summed E-state index contributed by atoms with van der Waals surface area (Å²) in [5.74, 6) is 0.213. The number of nitrogens with zero attached hydrogens (tertiary/aromatic N) is 3. The van der Waals surface area contributed by atoms with Gasteiger partial charge >= 0.3 is 5.97 Å². The van der Waals surface area contributed by atoms with E-state index < -0.39 is 12.0 Å². The van der Waals surface area contributed by atoms with Crippen LogP contribution in [0.5, 0.6) is 5.75 Å². The molecule has 0 bridgehead atoms. The lowest BCUT2D eigenvalue weighted by atomic mass is 9.96. The van der Waals surface area contributed by atoms with Crippen LogP contribution in [0.3, 0.4) is 0 Å². The number of rotatable bonds is 5. The standard InChI is InChI=1S/C28H27N3O4S/c1-16(2)35-27(33)24-17(3)29-28-31(25(24)18-10-12-20(34-5)13-11-18)26(32)23(36-28)14-19-15-30(4)22-9-7-6-8-21(19)22/h6-16,25H,1-5H3/b23-14-. The number of methoxy groups -OCH3 is 1. The van der Waals surface area contributed by atoms with Gasteiger partial charge in [-0.25, -0.2) is 9.79 Å². The summed E-state index contributed by atoms with van der Waals surface area (Å²) >= 11 is 1.32. The van der Waals surface area contributed by atoms with Gasteiger partial charge in [-0.1, -0.05) is 41.7 Å². The second-order valence-electron chi connectivity index (χ2n) is 9.02. The van der Waals surface area contributed by atoms with Crippen molar-refractivity contribution in [1.29, 1.82) is 0 Å². The Morgan fingerprint density at radius 3 is 2.56 bits per heavy atom. The third-order valence-electron chi connectivity index (χ3n) is 6.23. The van der Waals surface area contributed by atoms with Gasteiger partial charge in [0.1, 0.15) is 5.75 Å². The Labute approximate surface area is 212 Å². The van der Waals surface area contributed by atoms with Gasteiger partial charge in [-0.05, 0) is 50.6 Å². The minimum Gasteiger partial charge on any atom is -0.497 e. The molecule has 0 saturated heterocycles. The maximum Gasteiger partial charge on any atom is 0.338 e. The number of thiazole rings is 1. The Kier molecular flexibility index (Phi) is 6.14. The highest BCUT2D eigenvalue weighted by Gasteiger charge is 2.33. The van der Waals surface area contributed by atoms with Gasteiger partial charge in [-0.15, -0.1) is 0 Å². The van der Waals surface area contributed by atoms with Crippen LogP contribution in [0, 0.1) is 0 Å². The van der Waals surface area contributed by atoms with Gasteiger partial charge in [0.05, 0.1) is 35.1 Å². The van der Waals surface area contributed by atoms with E-state index in [-0.39, 0.29) is 11.7 Å². The number of esters is 1. The molecule has 1 aliphatic rings. The first-order valence-corrected chi connectivity index (χ1v) is 12.5. The molecule has 1 atom stereocenters. The molecule has 0 amide bonds. The average Bonchev–Trinajstić information content (AvgIpc) is 3.34. The van der Waals surface area contributed by atoms with E-state index in [4.69, 9.17) is 9.47 Å². The molecule has 1 aliphatic heterocycles. The molecule has 184 valence electrons. The first-order valence-electron chi connectivity index (χ1n) is 11.7. The summed E-state index contributed by atoms with van der Waals surface area (Å²) in [7, 11) is 3.59. The summed E-state index contributed by atoms with van der Waals surface area (Å²) in [5, 5.41) is 1.06. The highest BCUT2D eigenvalue weighted by Crippen LogP contribution is 2.32. The molecule has 0 saturated carbocycles. The van der Waals surface area contributed by atoms with Crippen molar-refractivity contribution in [2.45, 2.75) is 32.9 Å². The molecular formula is C28H27N3O4S. The Morgan fingerprint density at radius 2 is 1.86 bits per heavy atom. The summed E-state index contributed by atoms with van der Waals surface area (Å²) in [5.41, 5.74) is 3.52. The molecule has 3 heterocycles. The van der Waals surface area contributed by atoms with Gasteiger partial charge in [-0.3, -0.25) is 9.36 Å². The number of para-hydroxylation sites is 1. The minimum atomic E-state index is -0.659. The van der Waals surface area contributed by atoms with Crippen molar-refractivity contribution in [2.24, 2.45) is 12.0 Å². The first-order chi connectivity index (χ1) is 17.3. The largest absolute Gasteiger partial charge is 0.497 e. The summed E-state index contributed by atoms with van der Waals surface area (Å²) in [6, 6.07) is 14.8. The van der Waals surface area contributed by atoms with Crippen LogP contribution < -0.4 is 19.6 Å². The van der Waals surface area contributed by atoms with Crippen LogP contribution in [-0.2, 0) is 16.6 Å². The fourth-order valence-corrected chi connectivity index (χ4v) is 5.63. The molecule has 8 heteroatoms. The Morgan fingerprint density at radius 1 is 1.14 bits per heavy atom. The van der Waals surface area contributed by atoms with Crippen LogP contribution in [0.15, 0.2) is 75.8 Å². The highest BCUT2D eigenvalue weighted by atomic mass is 32.1. The van der Waals surface area contributed by atoms with E-state index in [9.17, 15) is 9.59 Å². The third kappa shape index (κ3) is 4.07. The molecule has 0 N–H and O–H groups in total. The molecule has 0 spiro atoms. The van der Waals surface area contributed by atoms with E-state index in [1.807, 2.05) is 72.4 Å². The molecular weight excluding hydrogens is 474 g/mol. The van der Waals surface area contributed by atoms with Crippen molar-refractivity contribution < 1.29 is 14.3 Å². The SMILES string of the molecule is COc1ccc(C2C(C(=O)OC(C)C)=C(C)N=c3s/c(=C\c4cn(C)c5ccccc45)c(=O)n32)cc1. The van der Waals surface area contributed by atoms with E-state index in [0.717, 1.165) is 22.0 Å². The van der Waals surface area contributed by atoms with Gasteiger partial charge in [0.25, 0.3) is 5.56 Å². The molecule has 36 heavy (non-hydrogen) atoms. The molecule has 0 radical (unpaired) electrons. The van der Waals surface area contributed by atoms with Crippen LogP contribution in [0.1, 0.15) is 37.9 Å². The number of aromatic nitrogens is 2. The van der Waals surface area contributed by atoms with Crippen LogP contribution in [-0.4, -0.2) is 28.3 Å². The van der Waals surface area contributed by atoms with Crippen molar-refractivity contribution in [2.75, 3.05) is 7.11 Å². The molecule has 4 aromatic rings. The number of hydrogen-bond acceptors (Lipinski definition) is 6. The Bertz CT molecular complexity index is 1690. The lowest BCUT2D eigenvalue weighted by Crippen LogP contribution is -2.40. The zero-order valence-corrected chi connectivity index (χ0v) is 21.6. The molecule has 2 aromatic carbocycles. The number of allylic oxidation sites excluding steroid dienone is 1. The number of hydrogen-bond donors (Lipinski definition) is 0. The van der Waals surface area contributed by atoms with E-state index in [1.165, 1.54) is 11.3 Å². The van der Waals surface area contributed by atoms with E-state index in [1.54, 1.807) is 32.4 Å². The smallest absolute Gasteiger partial charge is 0.338 e. The number of carbonyl (C=O) groups excluding carboxylic acids is 1. The molecule has 5 rings (SSSR count). The predicted molar refractivity (Wildman–Crippen MR) is 141 cm³/mol. The minimum absolute atomic E-state index is 0.199. The Balaban J connectivity index is 1.73. The third-order valence-corrected chi connectivity index (χ3v) is 7.21. The monoisotopic (exact) mass is 501 g/mol.